The Kier molecular flexibility index (Phi) is 3.66. The molecule has 2 heteroatoms. The summed E-state index contributed by atoms with van der Waals surface area (Å²) in [6.45, 7) is 5.63. The van der Waals surface area contributed by atoms with Crippen molar-refractivity contribution in [3.05, 3.63) is 41.5 Å². The van der Waals surface area contributed by atoms with Crippen molar-refractivity contribution in [3.8, 4) is 5.75 Å². The van der Waals surface area contributed by atoms with Crippen molar-refractivity contribution in [2.45, 2.75) is 32.7 Å². The second-order valence-corrected chi connectivity index (χ2v) is 5.81. The molecule has 0 spiro atoms. The molecule has 3 rings (SSSR count). The lowest BCUT2D eigenvalue weighted by Crippen LogP contribution is -2.24. The molecule has 2 atom stereocenters. The predicted molar refractivity (Wildman–Crippen MR) is 84.4 cm³/mol. The van der Waals surface area contributed by atoms with E-state index in [1.54, 1.807) is 7.11 Å². The minimum atomic E-state index is 0.462. The zero-order valence-corrected chi connectivity index (χ0v) is 12.6. The summed E-state index contributed by atoms with van der Waals surface area (Å²) >= 11 is 0. The highest BCUT2D eigenvalue weighted by Crippen LogP contribution is 2.43. The van der Waals surface area contributed by atoms with Crippen LogP contribution in [0.15, 0.2) is 30.3 Å². The monoisotopic (exact) mass is 269 g/mol. The minimum absolute atomic E-state index is 0.462. The lowest BCUT2D eigenvalue weighted by molar-refractivity contribution is 0.408. The van der Waals surface area contributed by atoms with E-state index in [9.17, 15) is 0 Å². The number of hydrogen-bond donors (Lipinski definition) is 1. The fraction of sp³-hybridized carbons (Fsp3) is 0.444. The zero-order valence-electron chi connectivity index (χ0n) is 12.6. The summed E-state index contributed by atoms with van der Waals surface area (Å²) in [7, 11) is 1.76. The molecule has 2 aromatic carbocycles. The standard InChI is InChI=1S/C18H23NO/c1-4-9-19-18-12(2)10-15-13-7-5-6-8-14(13)17(20-3)11-16(15)18/h5-8,11-12,18-19H,4,9-10H2,1-3H3. The summed E-state index contributed by atoms with van der Waals surface area (Å²) in [6.07, 6.45) is 2.32. The molecule has 0 fully saturated rings. The van der Waals surface area contributed by atoms with Crippen LogP contribution in [0.4, 0.5) is 0 Å². The molecule has 0 amide bonds. The predicted octanol–water partition coefficient (Wildman–Crippen LogP) is 4.08. The van der Waals surface area contributed by atoms with Gasteiger partial charge in [0, 0.05) is 11.4 Å². The number of hydrogen-bond acceptors (Lipinski definition) is 2. The van der Waals surface area contributed by atoms with Gasteiger partial charge in [-0.15, -0.1) is 0 Å². The summed E-state index contributed by atoms with van der Waals surface area (Å²) in [6, 6.07) is 11.3. The second-order valence-electron chi connectivity index (χ2n) is 5.81. The number of nitrogens with one attached hydrogen (secondary N) is 1. The van der Waals surface area contributed by atoms with Gasteiger partial charge in [-0.3, -0.25) is 0 Å². The molecule has 0 saturated heterocycles. The maximum absolute atomic E-state index is 5.61. The van der Waals surface area contributed by atoms with Crippen LogP contribution in [0.25, 0.3) is 10.8 Å². The topological polar surface area (TPSA) is 21.3 Å². The van der Waals surface area contributed by atoms with Gasteiger partial charge in [0.25, 0.3) is 0 Å². The van der Waals surface area contributed by atoms with Crippen LogP contribution >= 0.6 is 0 Å². The first-order valence-corrected chi connectivity index (χ1v) is 7.58. The molecule has 0 aliphatic heterocycles. The average molecular weight is 269 g/mol. The van der Waals surface area contributed by atoms with Crippen molar-refractivity contribution in [1.82, 2.24) is 5.32 Å². The van der Waals surface area contributed by atoms with Crippen molar-refractivity contribution < 1.29 is 4.74 Å². The average Bonchev–Trinajstić information content (AvgIpc) is 2.80. The highest BCUT2D eigenvalue weighted by molar-refractivity contribution is 5.92. The Labute approximate surface area is 121 Å². The third kappa shape index (κ3) is 2.08. The Morgan fingerprint density at radius 3 is 2.70 bits per heavy atom. The van der Waals surface area contributed by atoms with Gasteiger partial charge in [-0.05, 0) is 47.9 Å². The summed E-state index contributed by atoms with van der Waals surface area (Å²) in [5.41, 5.74) is 2.93. The quantitative estimate of drug-likeness (QED) is 0.903. The molecule has 2 unspecified atom stereocenters. The van der Waals surface area contributed by atoms with Crippen molar-refractivity contribution in [2.75, 3.05) is 13.7 Å². The summed E-state index contributed by atoms with van der Waals surface area (Å²) < 4.78 is 5.61. The molecule has 1 N–H and O–H groups in total. The fourth-order valence-electron chi connectivity index (χ4n) is 3.45. The Balaban J connectivity index is 2.14. The lowest BCUT2D eigenvalue weighted by atomic mass is 9.99. The highest BCUT2D eigenvalue weighted by Gasteiger charge is 2.31. The van der Waals surface area contributed by atoms with E-state index in [4.69, 9.17) is 4.74 Å². The Morgan fingerprint density at radius 1 is 1.25 bits per heavy atom. The van der Waals surface area contributed by atoms with Gasteiger partial charge in [0.1, 0.15) is 5.75 Å². The van der Waals surface area contributed by atoms with Crippen LogP contribution in [0.3, 0.4) is 0 Å². The molecule has 2 aromatic rings. The molecular weight excluding hydrogens is 246 g/mol. The van der Waals surface area contributed by atoms with Gasteiger partial charge < -0.3 is 10.1 Å². The summed E-state index contributed by atoms with van der Waals surface area (Å²) in [5, 5.41) is 6.29. The van der Waals surface area contributed by atoms with Crippen molar-refractivity contribution in [1.29, 1.82) is 0 Å². The van der Waals surface area contributed by atoms with Gasteiger partial charge in [0.05, 0.1) is 7.11 Å². The Bertz CT molecular complexity index is 620. The van der Waals surface area contributed by atoms with E-state index in [1.807, 2.05) is 0 Å². The number of rotatable bonds is 4. The third-order valence-corrected chi connectivity index (χ3v) is 4.42. The fourth-order valence-corrected chi connectivity index (χ4v) is 3.45. The first kappa shape index (κ1) is 13.4. The Hall–Kier alpha value is -1.54. The minimum Gasteiger partial charge on any atom is -0.496 e. The maximum atomic E-state index is 5.61. The summed E-state index contributed by atoms with van der Waals surface area (Å²) in [5.74, 6) is 1.64. The molecule has 2 nitrogen and oxygen atoms in total. The molecule has 106 valence electrons. The van der Waals surface area contributed by atoms with E-state index < -0.39 is 0 Å². The first-order valence-electron chi connectivity index (χ1n) is 7.58. The van der Waals surface area contributed by atoms with Crippen LogP contribution < -0.4 is 10.1 Å². The van der Waals surface area contributed by atoms with Crippen LogP contribution in [-0.4, -0.2) is 13.7 Å². The van der Waals surface area contributed by atoms with Gasteiger partial charge >= 0.3 is 0 Å². The van der Waals surface area contributed by atoms with Gasteiger partial charge in [-0.2, -0.15) is 0 Å². The van der Waals surface area contributed by atoms with E-state index in [0.717, 1.165) is 18.7 Å². The van der Waals surface area contributed by atoms with Gasteiger partial charge in [-0.25, -0.2) is 0 Å². The third-order valence-electron chi connectivity index (χ3n) is 4.42. The number of ether oxygens (including phenoxy) is 1. The van der Waals surface area contributed by atoms with Gasteiger partial charge in [0.15, 0.2) is 0 Å². The van der Waals surface area contributed by atoms with E-state index in [0.29, 0.717) is 12.0 Å². The van der Waals surface area contributed by atoms with Crippen LogP contribution in [0.2, 0.25) is 0 Å². The van der Waals surface area contributed by atoms with Crippen molar-refractivity contribution in [3.63, 3.8) is 0 Å². The molecule has 0 aromatic heterocycles. The zero-order chi connectivity index (χ0) is 14.1. The maximum Gasteiger partial charge on any atom is 0.127 e. The van der Waals surface area contributed by atoms with Crippen LogP contribution in [-0.2, 0) is 6.42 Å². The van der Waals surface area contributed by atoms with Crippen LogP contribution in [0, 0.1) is 5.92 Å². The van der Waals surface area contributed by atoms with Crippen molar-refractivity contribution in [2.24, 2.45) is 5.92 Å². The second kappa shape index (κ2) is 5.45. The largest absolute Gasteiger partial charge is 0.496 e. The smallest absolute Gasteiger partial charge is 0.127 e. The lowest BCUT2D eigenvalue weighted by Gasteiger charge is -2.19. The normalized spacial score (nSPS) is 21.1. The molecule has 20 heavy (non-hydrogen) atoms. The SMILES string of the molecule is CCCNC1c2cc(OC)c3ccccc3c2CC1C. The van der Waals surface area contributed by atoms with Gasteiger partial charge in [0.2, 0.25) is 0 Å². The van der Waals surface area contributed by atoms with Crippen molar-refractivity contribution >= 4 is 10.8 Å². The summed E-state index contributed by atoms with van der Waals surface area (Å²) in [4.78, 5) is 0. The highest BCUT2D eigenvalue weighted by atomic mass is 16.5. The number of fused-ring (bicyclic) bond motifs is 3. The first-order chi connectivity index (χ1) is 9.76. The van der Waals surface area contributed by atoms with Gasteiger partial charge in [-0.1, -0.05) is 38.1 Å². The molecule has 0 radical (unpaired) electrons. The Morgan fingerprint density at radius 2 is 2.00 bits per heavy atom. The molecule has 0 bridgehead atoms. The van der Waals surface area contributed by atoms with Crippen LogP contribution in [0.5, 0.6) is 5.75 Å². The van der Waals surface area contributed by atoms with E-state index in [-0.39, 0.29) is 0 Å². The van der Waals surface area contributed by atoms with E-state index >= 15 is 0 Å². The van der Waals surface area contributed by atoms with E-state index in [1.165, 1.54) is 28.3 Å². The van der Waals surface area contributed by atoms with Crippen LogP contribution in [0.1, 0.15) is 37.4 Å². The molecule has 0 heterocycles. The molecule has 0 saturated carbocycles. The molecule has 1 aliphatic carbocycles. The molecular formula is C18H23NO. The number of methoxy groups -OCH3 is 1. The molecule has 1 aliphatic rings. The van der Waals surface area contributed by atoms with E-state index in [2.05, 4.69) is 49.5 Å². The number of benzene rings is 2.